The Balaban J connectivity index is 4.01. The van der Waals surface area contributed by atoms with Crippen molar-refractivity contribution in [3.63, 3.8) is 0 Å². The van der Waals surface area contributed by atoms with Crippen LogP contribution in [0.3, 0.4) is 0 Å². The fraction of sp³-hybridized carbons (Fsp3) is 0.881. The Hall–Kier alpha value is -1.02. The summed E-state index contributed by atoms with van der Waals surface area (Å²) in [4.78, 5) is 22.6. The van der Waals surface area contributed by atoms with Gasteiger partial charge in [0, 0.05) is 13.0 Å². The highest BCUT2D eigenvalue weighted by atomic mass is 31.2. The predicted octanol–water partition coefficient (Wildman–Crippen LogP) is 11.8. The summed E-state index contributed by atoms with van der Waals surface area (Å²) in [6.45, 7) is 4.17. The van der Waals surface area contributed by atoms with Crippen LogP contribution in [0.25, 0.3) is 0 Å². The second kappa shape index (κ2) is 38.7. The van der Waals surface area contributed by atoms with Crippen molar-refractivity contribution in [2.75, 3.05) is 19.8 Å². The molecule has 3 atom stereocenters. The van der Waals surface area contributed by atoms with Crippen LogP contribution in [-0.4, -0.2) is 47.8 Å². The molecule has 0 rings (SSSR count). The maximum Gasteiger partial charge on any atom is 0.472 e. The number of aliphatic hydroxyl groups excluding tert-OH is 1. The van der Waals surface area contributed by atoms with E-state index < -0.39 is 20.0 Å². The minimum absolute atomic E-state index is 0.0889. The average molecular weight is 743 g/mol. The molecule has 302 valence electrons. The number of phosphoric acid groups is 1. The summed E-state index contributed by atoms with van der Waals surface area (Å²) in [7, 11) is -4.31. The Morgan fingerprint density at radius 3 is 1.55 bits per heavy atom. The van der Waals surface area contributed by atoms with Crippen LogP contribution in [-0.2, 0) is 18.4 Å². The number of unbranched alkanes of at least 4 members (excludes halogenated alkanes) is 24. The number of aliphatic hydroxyl groups is 1. The van der Waals surface area contributed by atoms with E-state index >= 15 is 0 Å². The summed E-state index contributed by atoms with van der Waals surface area (Å²) in [5.74, 6) is -0.166. The fourth-order valence-electron chi connectivity index (χ4n) is 6.28. The lowest BCUT2D eigenvalue weighted by atomic mass is 10.0. The molecular formula is C42H83N2O6P. The van der Waals surface area contributed by atoms with Crippen molar-refractivity contribution in [2.45, 2.75) is 219 Å². The zero-order chi connectivity index (χ0) is 37.5. The van der Waals surface area contributed by atoms with E-state index in [9.17, 15) is 19.4 Å². The lowest BCUT2D eigenvalue weighted by Crippen LogP contribution is -2.46. The lowest BCUT2D eigenvalue weighted by Gasteiger charge is -2.25. The van der Waals surface area contributed by atoms with Crippen LogP contribution < -0.4 is 11.1 Å². The Labute approximate surface area is 315 Å². The van der Waals surface area contributed by atoms with Crippen molar-refractivity contribution in [3.8, 4) is 0 Å². The van der Waals surface area contributed by atoms with Gasteiger partial charge in [0.05, 0.1) is 25.4 Å². The van der Waals surface area contributed by atoms with E-state index in [0.29, 0.717) is 12.8 Å². The minimum Gasteiger partial charge on any atom is -0.391 e. The van der Waals surface area contributed by atoms with Crippen molar-refractivity contribution < 1.29 is 28.4 Å². The van der Waals surface area contributed by atoms with Gasteiger partial charge in [-0.25, -0.2) is 4.57 Å². The Bertz CT molecular complexity index is 855. The van der Waals surface area contributed by atoms with Gasteiger partial charge in [0.2, 0.25) is 5.91 Å². The van der Waals surface area contributed by atoms with Gasteiger partial charge in [0.25, 0.3) is 0 Å². The van der Waals surface area contributed by atoms with Gasteiger partial charge in [-0.2, -0.15) is 0 Å². The summed E-state index contributed by atoms with van der Waals surface area (Å²) in [6, 6.07) is -0.771. The maximum atomic E-state index is 12.7. The molecule has 0 saturated carbocycles. The van der Waals surface area contributed by atoms with Crippen LogP contribution in [0.5, 0.6) is 0 Å². The largest absolute Gasteiger partial charge is 0.472 e. The molecule has 0 aliphatic rings. The molecule has 0 aliphatic heterocycles. The predicted molar refractivity (Wildman–Crippen MR) is 217 cm³/mol. The van der Waals surface area contributed by atoms with Crippen LogP contribution in [0, 0.1) is 0 Å². The smallest absolute Gasteiger partial charge is 0.391 e. The van der Waals surface area contributed by atoms with Gasteiger partial charge in [-0.1, -0.05) is 179 Å². The van der Waals surface area contributed by atoms with Crippen LogP contribution in [0.1, 0.15) is 206 Å². The number of carbonyl (C=O) groups excluding carboxylic acids is 1. The van der Waals surface area contributed by atoms with E-state index in [2.05, 4.69) is 43.5 Å². The summed E-state index contributed by atoms with van der Waals surface area (Å²) < 4.78 is 22.1. The topological polar surface area (TPSA) is 131 Å². The van der Waals surface area contributed by atoms with Crippen LogP contribution in [0.4, 0.5) is 0 Å². The Morgan fingerprint density at radius 1 is 0.647 bits per heavy atom. The number of allylic oxidation sites excluding steroid dienone is 4. The first-order chi connectivity index (χ1) is 24.9. The van der Waals surface area contributed by atoms with Crippen LogP contribution >= 0.6 is 7.82 Å². The second-order valence-corrected chi connectivity index (χ2v) is 16.0. The van der Waals surface area contributed by atoms with Gasteiger partial charge in [0.1, 0.15) is 0 Å². The van der Waals surface area contributed by atoms with Gasteiger partial charge in [-0.15, -0.1) is 0 Å². The lowest BCUT2D eigenvalue weighted by molar-refractivity contribution is -0.123. The van der Waals surface area contributed by atoms with Crippen molar-refractivity contribution >= 4 is 13.7 Å². The molecule has 0 aliphatic carbocycles. The standard InChI is InChI=1S/C42H83N2O6P/c1-3-5-7-9-11-13-14-15-16-17-18-19-20-21-22-23-24-25-26-28-30-32-34-36-42(46)44-40(39-50-51(47,48)49-38-37-43)41(45)35-33-31-29-27-12-10-8-6-4-2/h14-15,17-18,40-41,45H,3-13,16,19-39,43H2,1-2H3,(H,44,46)(H,47,48)/b15-14-,18-17-. The maximum absolute atomic E-state index is 12.7. The van der Waals surface area contributed by atoms with Gasteiger partial charge in [0.15, 0.2) is 0 Å². The number of hydrogen-bond acceptors (Lipinski definition) is 6. The van der Waals surface area contributed by atoms with Gasteiger partial charge in [-0.05, 0) is 44.9 Å². The Kier molecular flexibility index (Phi) is 37.9. The van der Waals surface area contributed by atoms with Crippen molar-refractivity contribution in [3.05, 3.63) is 24.3 Å². The molecule has 9 heteroatoms. The normalized spacial score (nSPS) is 14.4. The fourth-order valence-corrected chi connectivity index (χ4v) is 7.04. The molecule has 0 bridgehead atoms. The van der Waals surface area contributed by atoms with Crippen molar-refractivity contribution in [1.29, 1.82) is 0 Å². The van der Waals surface area contributed by atoms with Crippen molar-refractivity contribution in [2.24, 2.45) is 5.73 Å². The Morgan fingerprint density at radius 2 is 1.08 bits per heavy atom. The molecule has 51 heavy (non-hydrogen) atoms. The van der Waals surface area contributed by atoms with Crippen molar-refractivity contribution in [1.82, 2.24) is 5.32 Å². The molecular weight excluding hydrogens is 659 g/mol. The molecule has 0 spiro atoms. The third-order valence-corrected chi connectivity index (χ3v) is 10.5. The van der Waals surface area contributed by atoms with E-state index in [0.717, 1.165) is 44.9 Å². The number of phosphoric ester groups is 1. The number of nitrogens with two attached hydrogens (primary N) is 1. The van der Waals surface area contributed by atoms with Gasteiger partial charge in [-0.3, -0.25) is 13.8 Å². The zero-order valence-electron chi connectivity index (χ0n) is 33.4. The first-order valence-corrected chi connectivity index (χ1v) is 22.9. The van der Waals surface area contributed by atoms with E-state index in [4.69, 9.17) is 14.8 Å². The molecule has 1 amide bonds. The van der Waals surface area contributed by atoms with E-state index in [1.807, 2.05) is 0 Å². The first kappa shape index (κ1) is 50.0. The monoisotopic (exact) mass is 743 g/mol. The number of rotatable bonds is 40. The van der Waals surface area contributed by atoms with E-state index in [-0.39, 0.29) is 25.7 Å². The molecule has 0 aromatic rings. The van der Waals surface area contributed by atoms with Gasteiger partial charge >= 0.3 is 7.82 Å². The minimum atomic E-state index is -4.31. The number of hydrogen-bond donors (Lipinski definition) is 4. The highest BCUT2D eigenvalue weighted by molar-refractivity contribution is 7.47. The quantitative estimate of drug-likeness (QED) is 0.0279. The van der Waals surface area contributed by atoms with Crippen LogP contribution in [0.15, 0.2) is 24.3 Å². The summed E-state index contributed by atoms with van der Waals surface area (Å²) in [5.41, 5.74) is 5.36. The SMILES string of the molecule is CCCCCCC/C=C\C/C=C\CCCCCCCCCCCCCC(=O)NC(COP(=O)(O)OCCN)C(O)CCCCCCCCCCC. The highest BCUT2D eigenvalue weighted by Gasteiger charge is 2.27. The molecule has 0 fully saturated rings. The molecule has 0 radical (unpaired) electrons. The van der Waals surface area contributed by atoms with Gasteiger partial charge < -0.3 is 21.1 Å². The van der Waals surface area contributed by atoms with E-state index in [1.54, 1.807) is 0 Å². The summed E-state index contributed by atoms with van der Waals surface area (Å²) in [6.07, 6.45) is 43.4. The first-order valence-electron chi connectivity index (χ1n) is 21.5. The molecule has 3 unspecified atom stereocenters. The molecule has 0 heterocycles. The molecule has 0 aromatic carbocycles. The number of carbonyl (C=O) groups is 1. The molecule has 0 aromatic heterocycles. The number of nitrogens with one attached hydrogen (secondary N) is 1. The third-order valence-electron chi connectivity index (χ3n) is 9.56. The third kappa shape index (κ3) is 37.1. The second-order valence-electron chi connectivity index (χ2n) is 14.6. The molecule has 5 N–H and O–H groups in total. The summed E-state index contributed by atoms with van der Waals surface area (Å²) in [5, 5.41) is 13.7. The molecule has 8 nitrogen and oxygen atoms in total. The number of amides is 1. The highest BCUT2D eigenvalue weighted by Crippen LogP contribution is 2.43. The zero-order valence-corrected chi connectivity index (χ0v) is 34.2. The molecule has 0 saturated heterocycles. The average Bonchev–Trinajstić information content (AvgIpc) is 3.12. The van der Waals surface area contributed by atoms with E-state index in [1.165, 1.54) is 135 Å². The summed E-state index contributed by atoms with van der Waals surface area (Å²) >= 11 is 0. The van der Waals surface area contributed by atoms with Crippen LogP contribution in [0.2, 0.25) is 0 Å².